The molecule has 5 nitrogen and oxygen atoms in total. The molecule has 0 heterocycles. The molecule has 0 bridgehead atoms. The van der Waals surface area contributed by atoms with Crippen molar-refractivity contribution in [2.75, 3.05) is 34.0 Å². The molecule has 2 N–H and O–H groups in total. The van der Waals surface area contributed by atoms with E-state index in [-0.39, 0.29) is 11.9 Å². The average Bonchev–Trinajstić information content (AvgIpc) is 3.13. The molecule has 0 aromatic carbocycles. The van der Waals surface area contributed by atoms with Gasteiger partial charge in [-0.1, -0.05) is 0 Å². The van der Waals surface area contributed by atoms with Crippen molar-refractivity contribution in [3.05, 3.63) is 0 Å². The zero-order chi connectivity index (χ0) is 13.8. The fourth-order valence-electron chi connectivity index (χ4n) is 2.21. The smallest absolute Gasteiger partial charge is 0.243 e. The summed E-state index contributed by atoms with van der Waals surface area (Å²) in [5.41, 5.74) is 5.45. The minimum absolute atomic E-state index is 0.00611. The molecule has 0 radical (unpaired) electrons. The number of hydrogen-bond donors (Lipinski definition) is 1. The molecular weight excluding hydrogens is 232 g/mol. The van der Waals surface area contributed by atoms with Crippen molar-refractivity contribution in [3.8, 4) is 0 Å². The van der Waals surface area contributed by atoms with Crippen molar-refractivity contribution in [1.29, 1.82) is 0 Å². The predicted octanol–water partition coefficient (Wildman–Crippen LogP) is 0.624. The number of nitrogens with two attached hydrogens (primary N) is 1. The molecule has 0 aromatic heterocycles. The first-order valence-electron chi connectivity index (χ1n) is 6.53. The molecule has 0 spiro atoms. The highest BCUT2D eigenvalue weighted by Gasteiger charge is 2.46. The molecule has 1 saturated carbocycles. The first-order valence-corrected chi connectivity index (χ1v) is 6.53. The highest BCUT2D eigenvalue weighted by molar-refractivity contribution is 5.86. The van der Waals surface area contributed by atoms with Crippen LogP contribution in [0.15, 0.2) is 0 Å². The van der Waals surface area contributed by atoms with Gasteiger partial charge in [0.25, 0.3) is 0 Å². The van der Waals surface area contributed by atoms with Crippen molar-refractivity contribution >= 4 is 5.91 Å². The van der Waals surface area contributed by atoms with Gasteiger partial charge in [0.1, 0.15) is 0 Å². The Morgan fingerprint density at radius 2 is 2.06 bits per heavy atom. The summed E-state index contributed by atoms with van der Waals surface area (Å²) in [6, 6.07) is 0.0132. The van der Waals surface area contributed by atoms with Crippen molar-refractivity contribution in [2.24, 2.45) is 11.7 Å². The van der Waals surface area contributed by atoms with Gasteiger partial charge in [0.15, 0.2) is 0 Å². The molecule has 5 heteroatoms. The van der Waals surface area contributed by atoms with Crippen LogP contribution < -0.4 is 5.73 Å². The number of amides is 1. The quantitative estimate of drug-likeness (QED) is 0.693. The van der Waals surface area contributed by atoms with Crippen LogP contribution in [0.1, 0.15) is 26.7 Å². The average molecular weight is 258 g/mol. The van der Waals surface area contributed by atoms with Crippen LogP contribution in [0.5, 0.6) is 0 Å². The molecule has 1 fully saturated rings. The van der Waals surface area contributed by atoms with Gasteiger partial charge < -0.3 is 20.1 Å². The Balaban J connectivity index is 2.70. The lowest BCUT2D eigenvalue weighted by atomic mass is 9.94. The van der Waals surface area contributed by atoms with E-state index in [0.717, 1.165) is 12.8 Å². The van der Waals surface area contributed by atoms with E-state index >= 15 is 0 Å². The van der Waals surface area contributed by atoms with Crippen LogP contribution in [0.25, 0.3) is 0 Å². The second-order valence-electron chi connectivity index (χ2n) is 5.35. The third-order valence-corrected chi connectivity index (χ3v) is 3.62. The van der Waals surface area contributed by atoms with E-state index in [1.807, 2.05) is 13.8 Å². The minimum atomic E-state index is -0.754. The maximum Gasteiger partial charge on any atom is 0.243 e. The van der Waals surface area contributed by atoms with Crippen LogP contribution in [0.3, 0.4) is 0 Å². The fourth-order valence-corrected chi connectivity index (χ4v) is 2.21. The maximum absolute atomic E-state index is 12.6. The van der Waals surface area contributed by atoms with Crippen LogP contribution in [-0.2, 0) is 14.3 Å². The first-order chi connectivity index (χ1) is 8.45. The highest BCUT2D eigenvalue weighted by Crippen LogP contribution is 2.39. The lowest BCUT2D eigenvalue weighted by Crippen LogP contribution is -2.58. The molecule has 1 amide bonds. The fraction of sp³-hybridized carbons (Fsp3) is 0.923. The predicted molar refractivity (Wildman–Crippen MR) is 70.2 cm³/mol. The Hall–Kier alpha value is -0.650. The summed E-state index contributed by atoms with van der Waals surface area (Å²) < 4.78 is 10.2. The summed E-state index contributed by atoms with van der Waals surface area (Å²) in [5.74, 6) is 0.330. The van der Waals surface area contributed by atoms with Crippen LogP contribution in [0.4, 0.5) is 0 Å². The number of rotatable bonds is 8. The SMILES string of the molecule is COCCN(C(=O)C(C)(N)C1CC1)C(C)COC. The molecular formula is C13H26N2O3. The zero-order valence-corrected chi connectivity index (χ0v) is 11.9. The molecule has 0 aliphatic heterocycles. The van der Waals surface area contributed by atoms with E-state index in [4.69, 9.17) is 15.2 Å². The Kier molecular flexibility index (Phi) is 5.56. The second-order valence-corrected chi connectivity index (χ2v) is 5.35. The van der Waals surface area contributed by atoms with Crippen molar-refractivity contribution in [2.45, 2.75) is 38.3 Å². The topological polar surface area (TPSA) is 64.8 Å². The molecule has 0 aromatic rings. The Bertz CT molecular complexity index is 277. The Morgan fingerprint density at radius 3 is 2.50 bits per heavy atom. The highest BCUT2D eigenvalue weighted by atomic mass is 16.5. The van der Waals surface area contributed by atoms with Gasteiger partial charge in [-0.25, -0.2) is 0 Å². The van der Waals surface area contributed by atoms with Crippen LogP contribution >= 0.6 is 0 Å². The van der Waals surface area contributed by atoms with Crippen LogP contribution in [0, 0.1) is 5.92 Å². The largest absolute Gasteiger partial charge is 0.383 e. The van der Waals surface area contributed by atoms with Gasteiger partial charge >= 0.3 is 0 Å². The normalized spacial score (nSPS) is 20.3. The van der Waals surface area contributed by atoms with Crippen LogP contribution in [-0.4, -0.2) is 56.4 Å². The van der Waals surface area contributed by atoms with E-state index in [2.05, 4.69) is 0 Å². The van der Waals surface area contributed by atoms with Gasteiger partial charge in [0.2, 0.25) is 5.91 Å². The van der Waals surface area contributed by atoms with E-state index < -0.39 is 5.54 Å². The number of hydrogen-bond acceptors (Lipinski definition) is 4. The van der Waals surface area contributed by atoms with Gasteiger partial charge in [0, 0.05) is 20.8 Å². The maximum atomic E-state index is 12.6. The van der Waals surface area contributed by atoms with Crippen molar-refractivity contribution < 1.29 is 14.3 Å². The van der Waals surface area contributed by atoms with E-state index in [1.54, 1.807) is 19.1 Å². The second kappa shape index (κ2) is 6.50. The summed E-state index contributed by atoms with van der Waals surface area (Å²) in [6.45, 7) is 5.39. The van der Waals surface area contributed by atoms with Crippen LogP contribution in [0.2, 0.25) is 0 Å². The number of methoxy groups -OCH3 is 2. The summed E-state index contributed by atoms with van der Waals surface area (Å²) in [4.78, 5) is 14.3. The molecule has 1 aliphatic rings. The van der Waals surface area contributed by atoms with E-state index in [1.165, 1.54) is 0 Å². The molecule has 106 valence electrons. The van der Waals surface area contributed by atoms with Gasteiger partial charge in [-0.2, -0.15) is 0 Å². The van der Waals surface area contributed by atoms with Gasteiger partial charge in [-0.05, 0) is 32.6 Å². The first kappa shape index (κ1) is 15.4. The van der Waals surface area contributed by atoms with Gasteiger partial charge in [0.05, 0.1) is 24.8 Å². The summed E-state index contributed by atoms with van der Waals surface area (Å²) in [7, 11) is 3.27. The number of nitrogens with zero attached hydrogens (tertiary/aromatic N) is 1. The minimum Gasteiger partial charge on any atom is -0.383 e. The number of ether oxygens (including phenoxy) is 2. The molecule has 2 atom stereocenters. The molecule has 2 unspecified atom stereocenters. The third-order valence-electron chi connectivity index (χ3n) is 3.62. The number of carbonyl (C=O) groups is 1. The summed E-state index contributed by atoms with van der Waals surface area (Å²) in [5, 5.41) is 0. The molecule has 18 heavy (non-hydrogen) atoms. The zero-order valence-electron chi connectivity index (χ0n) is 11.9. The standard InChI is InChI=1S/C13H26N2O3/c1-10(9-18-4)15(7-8-17-3)12(16)13(2,14)11-5-6-11/h10-11H,5-9,14H2,1-4H3. The number of carbonyl (C=O) groups excluding carboxylic acids is 1. The molecule has 0 saturated heterocycles. The Labute approximate surface area is 110 Å². The Morgan fingerprint density at radius 1 is 1.44 bits per heavy atom. The van der Waals surface area contributed by atoms with E-state index in [0.29, 0.717) is 25.7 Å². The van der Waals surface area contributed by atoms with E-state index in [9.17, 15) is 4.79 Å². The summed E-state index contributed by atoms with van der Waals surface area (Å²) >= 11 is 0. The monoisotopic (exact) mass is 258 g/mol. The third kappa shape index (κ3) is 3.67. The van der Waals surface area contributed by atoms with Gasteiger partial charge in [-0.15, -0.1) is 0 Å². The lowest BCUT2D eigenvalue weighted by Gasteiger charge is -2.35. The van der Waals surface area contributed by atoms with Gasteiger partial charge in [-0.3, -0.25) is 4.79 Å². The van der Waals surface area contributed by atoms with Crippen molar-refractivity contribution in [1.82, 2.24) is 4.90 Å². The van der Waals surface area contributed by atoms with Crippen molar-refractivity contribution in [3.63, 3.8) is 0 Å². The summed E-state index contributed by atoms with van der Waals surface area (Å²) in [6.07, 6.45) is 2.10. The lowest BCUT2D eigenvalue weighted by molar-refractivity contribution is -0.141. The molecule has 1 aliphatic carbocycles. The molecule has 1 rings (SSSR count).